The number of rotatable bonds is 5. The van der Waals surface area contributed by atoms with E-state index < -0.39 is 5.41 Å². The Morgan fingerprint density at radius 3 is 2.16 bits per heavy atom. The van der Waals surface area contributed by atoms with E-state index in [0.29, 0.717) is 12.0 Å². The van der Waals surface area contributed by atoms with Crippen molar-refractivity contribution in [2.45, 2.75) is 32.6 Å². The Balaban J connectivity index is 3.02. The number of carbonyl (C=O) groups is 2. The number of nitrogens with zero attached hydrogens (tertiary/aromatic N) is 1. The summed E-state index contributed by atoms with van der Waals surface area (Å²) in [5, 5.41) is 1.21. The van der Waals surface area contributed by atoms with Crippen LogP contribution in [0.2, 0.25) is 0 Å². The van der Waals surface area contributed by atoms with Crippen molar-refractivity contribution in [2.24, 2.45) is 0 Å². The van der Waals surface area contributed by atoms with Gasteiger partial charge in [-0.15, -0.1) is 0 Å². The number of hydrogen-bond donors (Lipinski definition) is 0. The van der Waals surface area contributed by atoms with Gasteiger partial charge in [0.1, 0.15) is 0 Å². The summed E-state index contributed by atoms with van der Waals surface area (Å²) in [6.07, 6.45) is 0.480. The van der Waals surface area contributed by atoms with Crippen molar-refractivity contribution in [2.75, 3.05) is 14.2 Å². The average molecular weight is 263 g/mol. The molecule has 104 valence electrons. The molecule has 0 unspecified atom stereocenters. The molecule has 0 fully saturated rings. The van der Waals surface area contributed by atoms with Gasteiger partial charge in [-0.25, -0.2) is 5.06 Å². The summed E-state index contributed by atoms with van der Waals surface area (Å²) in [5.41, 5.74) is 0.835. The maximum atomic E-state index is 12.2. The average Bonchev–Trinajstić information content (AvgIpc) is 2.44. The Bertz CT molecular complexity index is 463. The fraction of sp³-hybridized carbons (Fsp3) is 0.467. The third kappa shape index (κ3) is 3.20. The van der Waals surface area contributed by atoms with Crippen LogP contribution in [0, 0.1) is 0 Å². The van der Waals surface area contributed by atoms with Crippen LogP contribution in [0.4, 0.5) is 0 Å². The lowest BCUT2D eigenvalue weighted by Gasteiger charge is -2.28. The van der Waals surface area contributed by atoms with Crippen LogP contribution in [-0.4, -0.2) is 30.9 Å². The number of amides is 1. The monoisotopic (exact) mass is 263 g/mol. The molecule has 0 saturated carbocycles. The Labute approximate surface area is 114 Å². The third-order valence-electron chi connectivity index (χ3n) is 3.34. The van der Waals surface area contributed by atoms with Crippen LogP contribution in [0.1, 0.15) is 43.1 Å². The Morgan fingerprint density at radius 2 is 1.74 bits per heavy atom. The highest BCUT2D eigenvalue weighted by atomic mass is 16.7. The largest absolute Gasteiger partial charge is 0.294 e. The van der Waals surface area contributed by atoms with E-state index in [-0.39, 0.29) is 11.7 Å². The minimum absolute atomic E-state index is 0.102. The summed E-state index contributed by atoms with van der Waals surface area (Å²) in [4.78, 5) is 28.7. The Kier molecular flexibility index (Phi) is 4.84. The zero-order valence-corrected chi connectivity index (χ0v) is 12.2. The highest BCUT2D eigenvalue weighted by Gasteiger charge is 2.32. The standard InChI is InChI=1S/C15H21NO3/c1-6-13(17)11-7-9-12(10-8-11)15(2,3)14(18)16(4)19-5/h7-10H,6H2,1-5H3. The highest BCUT2D eigenvalue weighted by molar-refractivity contribution is 5.96. The van der Waals surface area contributed by atoms with E-state index in [0.717, 1.165) is 5.56 Å². The fourth-order valence-electron chi connectivity index (χ4n) is 1.88. The lowest BCUT2D eigenvalue weighted by molar-refractivity contribution is -0.174. The van der Waals surface area contributed by atoms with Crippen molar-refractivity contribution in [3.05, 3.63) is 35.4 Å². The van der Waals surface area contributed by atoms with Crippen LogP contribution in [-0.2, 0) is 15.0 Å². The second-order valence-corrected chi connectivity index (χ2v) is 4.96. The first-order chi connectivity index (χ1) is 8.84. The molecule has 0 aliphatic heterocycles. The second-order valence-electron chi connectivity index (χ2n) is 4.96. The number of likely N-dealkylation sites (N-methyl/N-ethyl adjacent to an activating group) is 1. The minimum atomic E-state index is -0.696. The van der Waals surface area contributed by atoms with Gasteiger partial charge in [0.05, 0.1) is 12.5 Å². The van der Waals surface area contributed by atoms with E-state index in [1.807, 2.05) is 32.9 Å². The van der Waals surface area contributed by atoms with Crippen molar-refractivity contribution in [1.82, 2.24) is 5.06 Å². The molecule has 4 nitrogen and oxygen atoms in total. The molecule has 0 saturated heterocycles. The molecule has 0 bridgehead atoms. The lowest BCUT2D eigenvalue weighted by atomic mass is 9.83. The maximum Gasteiger partial charge on any atom is 0.255 e. The minimum Gasteiger partial charge on any atom is -0.294 e. The summed E-state index contributed by atoms with van der Waals surface area (Å²) in [7, 11) is 3.04. The predicted molar refractivity (Wildman–Crippen MR) is 73.9 cm³/mol. The zero-order chi connectivity index (χ0) is 14.6. The maximum absolute atomic E-state index is 12.2. The van der Waals surface area contributed by atoms with E-state index in [2.05, 4.69) is 0 Å². The molecular weight excluding hydrogens is 242 g/mol. The summed E-state index contributed by atoms with van der Waals surface area (Å²) >= 11 is 0. The first kappa shape index (κ1) is 15.4. The number of ketones is 1. The summed E-state index contributed by atoms with van der Waals surface area (Å²) in [6.45, 7) is 5.50. The highest BCUT2D eigenvalue weighted by Crippen LogP contribution is 2.26. The van der Waals surface area contributed by atoms with E-state index >= 15 is 0 Å². The molecule has 0 spiro atoms. The normalized spacial score (nSPS) is 11.2. The lowest BCUT2D eigenvalue weighted by Crippen LogP contribution is -2.40. The van der Waals surface area contributed by atoms with Crippen molar-refractivity contribution < 1.29 is 14.4 Å². The first-order valence-corrected chi connectivity index (χ1v) is 6.30. The smallest absolute Gasteiger partial charge is 0.255 e. The van der Waals surface area contributed by atoms with Gasteiger partial charge in [0.2, 0.25) is 0 Å². The van der Waals surface area contributed by atoms with Gasteiger partial charge in [0, 0.05) is 19.0 Å². The zero-order valence-electron chi connectivity index (χ0n) is 12.2. The van der Waals surface area contributed by atoms with Gasteiger partial charge in [-0.2, -0.15) is 0 Å². The van der Waals surface area contributed by atoms with Crippen molar-refractivity contribution in [3.8, 4) is 0 Å². The van der Waals surface area contributed by atoms with Gasteiger partial charge in [0.25, 0.3) is 5.91 Å². The second kappa shape index (κ2) is 5.97. The van der Waals surface area contributed by atoms with Crippen LogP contribution in [0.5, 0.6) is 0 Å². The quantitative estimate of drug-likeness (QED) is 0.606. The summed E-state index contributed by atoms with van der Waals surface area (Å²) in [6, 6.07) is 7.18. The molecule has 1 rings (SSSR count). The van der Waals surface area contributed by atoms with Crippen molar-refractivity contribution >= 4 is 11.7 Å². The van der Waals surface area contributed by atoms with Crippen LogP contribution >= 0.6 is 0 Å². The van der Waals surface area contributed by atoms with Crippen LogP contribution in [0.25, 0.3) is 0 Å². The third-order valence-corrected chi connectivity index (χ3v) is 3.34. The van der Waals surface area contributed by atoms with Crippen molar-refractivity contribution in [1.29, 1.82) is 0 Å². The topological polar surface area (TPSA) is 46.6 Å². The summed E-state index contributed by atoms with van der Waals surface area (Å²) in [5.74, 6) is -0.0331. The molecule has 4 heteroatoms. The molecule has 0 radical (unpaired) electrons. The Hall–Kier alpha value is -1.68. The number of Topliss-reactive ketones (excluding diaryl/α,β-unsaturated/α-hetero) is 1. The Morgan fingerprint density at radius 1 is 1.21 bits per heavy atom. The van der Waals surface area contributed by atoms with Gasteiger partial charge < -0.3 is 0 Å². The van der Waals surface area contributed by atoms with Gasteiger partial charge in [0.15, 0.2) is 5.78 Å². The number of carbonyl (C=O) groups excluding carboxylic acids is 2. The van der Waals surface area contributed by atoms with E-state index in [4.69, 9.17) is 4.84 Å². The predicted octanol–water partition coefficient (Wildman–Crippen LogP) is 2.58. The molecule has 1 amide bonds. The molecule has 0 aromatic heterocycles. The van der Waals surface area contributed by atoms with E-state index in [1.165, 1.54) is 12.2 Å². The number of hydroxylamine groups is 2. The van der Waals surface area contributed by atoms with Gasteiger partial charge in [-0.3, -0.25) is 14.4 Å². The molecule has 0 aliphatic rings. The molecule has 0 atom stereocenters. The molecule has 0 aliphatic carbocycles. The van der Waals surface area contributed by atoms with Crippen LogP contribution in [0.3, 0.4) is 0 Å². The molecule has 1 aromatic rings. The SMILES string of the molecule is CCC(=O)c1ccc(C(C)(C)C(=O)N(C)OC)cc1. The van der Waals surface area contributed by atoms with Gasteiger partial charge in [-0.1, -0.05) is 31.2 Å². The van der Waals surface area contributed by atoms with Crippen LogP contribution in [0.15, 0.2) is 24.3 Å². The molecule has 19 heavy (non-hydrogen) atoms. The van der Waals surface area contributed by atoms with Gasteiger partial charge in [-0.05, 0) is 19.4 Å². The van der Waals surface area contributed by atoms with E-state index in [1.54, 1.807) is 19.2 Å². The molecule has 1 aromatic carbocycles. The first-order valence-electron chi connectivity index (χ1n) is 6.30. The van der Waals surface area contributed by atoms with Crippen molar-refractivity contribution in [3.63, 3.8) is 0 Å². The fourth-order valence-corrected chi connectivity index (χ4v) is 1.88. The molecule has 0 N–H and O–H groups in total. The van der Waals surface area contributed by atoms with E-state index in [9.17, 15) is 9.59 Å². The number of benzene rings is 1. The number of hydrogen-bond acceptors (Lipinski definition) is 3. The van der Waals surface area contributed by atoms with Crippen LogP contribution < -0.4 is 0 Å². The molecular formula is C15H21NO3. The molecule has 0 heterocycles. The van der Waals surface area contributed by atoms with Gasteiger partial charge >= 0.3 is 0 Å². The summed E-state index contributed by atoms with van der Waals surface area (Å²) < 4.78 is 0.